The van der Waals surface area contributed by atoms with Gasteiger partial charge < -0.3 is 15.4 Å². The lowest BCUT2D eigenvalue weighted by Gasteiger charge is -2.35. The summed E-state index contributed by atoms with van der Waals surface area (Å²) in [4.78, 5) is 39.3. The first-order chi connectivity index (χ1) is 14.5. The van der Waals surface area contributed by atoms with Crippen molar-refractivity contribution < 1.29 is 19.1 Å². The number of nitrogens with two attached hydrogens (primary N) is 1. The zero-order chi connectivity index (χ0) is 21.3. The minimum absolute atomic E-state index is 0.0785. The molecule has 0 fully saturated rings. The summed E-state index contributed by atoms with van der Waals surface area (Å²) < 4.78 is 4.94. The van der Waals surface area contributed by atoms with Gasteiger partial charge in [-0.3, -0.25) is 14.6 Å². The zero-order valence-electron chi connectivity index (χ0n) is 16.5. The van der Waals surface area contributed by atoms with Crippen LogP contribution in [0, 0.1) is 0 Å². The van der Waals surface area contributed by atoms with Gasteiger partial charge in [0.25, 0.3) is 5.91 Å². The smallest absolute Gasteiger partial charge is 0.328 e. The van der Waals surface area contributed by atoms with Gasteiger partial charge in [0, 0.05) is 19.4 Å². The molecule has 2 unspecified atom stereocenters. The van der Waals surface area contributed by atoms with Crippen LogP contribution in [0.5, 0.6) is 0 Å². The summed E-state index contributed by atoms with van der Waals surface area (Å²) in [5.74, 6) is -1.45. The van der Waals surface area contributed by atoms with E-state index in [1.807, 2.05) is 42.5 Å². The Kier molecular flexibility index (Phi) is 5.22. The molecule has 4 rings (SSSR count). The zero-order valence-corrected chi connectivity index (χ0v) is 16.5. The number of hydrogen-bond acceptors (Lipinski definition) is 6. The molecular weight excluding hydrogens is 384 g/mol. The normalized spacial score (nSPS) is 20.4. The van der Waals surface area contributed by atoms with Gasteiger partial charge >= 0.3 is 5.97 Å². The lowest BCUT2D eigenvalue weighted by molar-refractivity contribution is -0.151. The minimum atomic E-state index is -0.764. The maximum Gasteiger partial charge on any atom is 0.328 e. The maximum atomic E-state index is 13.4. The predicted octanol–water partition coefficient (Wildman–Crippen LogP) is 1.23. The van der Waals surface area contributed by atoms with Crippen molar-refractivity contribution in [2.75, 3.05) is 12.1 Å². The summed E-state index contributed by atoms with van der Waals surface area (Å²) in [6.07, 6.45) is 0.443. The van der Waals surface area contributed by atoms with Crippen LogP contribution < -0.4 is 10.7 Å². The van der Waals surface area contributed by atoms with Crippen molar-refractivity contribution >= 4 is 29.2 Å². The van der Waals surface area contributed by atoms with E-state index in [1.165, 1.54) is 17.0 Å². The summed E-state index contributed by atoms with van der Waals surface area (Å²) >= 11 is 0. The quantitative estimate of drug-likeness (QED) is 0.769. The standard InChI is InChI=1S/C22H22N4O4/c1-30-22(29)19-11-14-7-5-6-8-15(14)13-25(19)21(28)17-12-18(20(23)27)26(24-17)16-9-3-2-4-10-16/h2-10,18-19H,11-13H2,1H3,(H2,23,27). The van der Waals surface area contributed by atoms with Gasteiger partial charge in [0.2, 0.25) is 5.91 Å². The fraction of sp³-hybridized carbons (Fsp3) is 0.273. The molecule has 0 aliphatic carbocycles. The van der Waals surface area contributed by atoms with Gasteiger partial charge in [-0.15, -0.1) is 0 Å². The van der Waals surface area contributed by atoms with Crippen molar-refractivity contribution in [2.45, 2.75) is 31.5 Å². The van der Waals surface area contributed by atoms with Gasteiger partial charge in [-0.25, -0.2) is 4.79 Å². The van der Waals surface area contributed by atoms with Crippen LogP contribution in [-0.4, -0.2) is 47.6 Å². The van der Waals surface area contributed by atoms with Gasteiger partial charge in [0.1, 0.15) is 17.8 Å². The number of esters is 1. The first-order valence-corrected chi connectivity index (χ1v) is 9.66. The number of benzene rings is 2. The number of methoxy groups -OCH3 is 1. The first kappa shape index (κ1) is 19.6. The molecule has 2 aromatic rings. The Balaban J connectivity index is 1.66. The van der Waals surface area contributed by atoms with Crippen LogP contribution in [0.25, 0.3) is 0 Å². The van der Waals surface area contributed by atoms with Crippen molar-refractivity contribution in [1.29, 1.82) is 0 Å². The Morgan fingerprint density at radius 1 is 0.967 bits per heavy atom. The lowest BCUT2D eigenvalue weighted by atomic mass is 9.93. The Bertz CT molecular complexity index is 1020. The monoisotopic (exact) mass is 406 g/mol. The number of anilines is 1. The molecule has 2 aromatic carbocycles. The predicted molar refractivity (Wildman–Crippen MR) is 110 cm³/mol. The molecule has 0 bridgehead atoms. The van der Waals surface area contributed by atoms with Crippen molar-refractivity contribution in [3.8, 4) is 0 Å². The summed E-state index contributed by atoms with van der Waals surface area (Å²) in [7, 11) is 1.30. The summed E-state index contributed by atoms with van der Waals surface area (Å²) in [6, 6.07) is 15.2. The summed E-state index contributed by atoms with van der Waals surface area (Å²) in [6.45, 7) is 0.264. The number of amides is 2. The van der Waals surface area contributed by atoms with Gasteiger partial charge in [0.15, 0.2) is 0 Å². The number of hydrogen-bond donors (Lipinski definition) is 1. The molecular formula is C22H22N4O4. The van der Waals surface area contributed by atoms with Gasteiger partial charge in [-0.05, 0) is 23.3 Å². The number of carbonyl (C=O) groups is 3. The fourth-order valence-electron chi connectivity index (χ4n) is 3.93. The highest BCUT2D eigenvalue weighted by molar-refractivity contribution is 6.40. The van der Waals surface area contributed by atoms with Gasteiger partial charge in [-0.1, -0.05) is 42.5 Å². The second-order valence-electron chi connectivity index (χ2n) is 7.29. The van der Waals surface area contributed by atoms with E-state index in [1.54, 1.807) is 12.1 Å². The van der Waals surface area contributed by atoms with Crippen LogP contribution in [-0.2, 0) is 32.1 Å². The average Bonchev–Trinajstić information content (AvgIpc) is 3.23. The minimum Gasteiger partial charge on any atom is -0.467 e. The number of primary amides is 1. The highest BCUT2D eigenvalue weighted by Crippen LogP contribution is 2.28. The molecule has 0 aromatic heterocycles. The van der Waals surface area contributed by atoms with Crippen LogP contribution in [0.1, 0.15) is 17.5 Å². The summed E-state index contributed by atoms with van der Waals surface area (Å²) in [5.41, 5.74) is 8.40. The van der Waals surface area contributed by atoms with Crippen molar-refractivity contribution in [3.63, 3.8) is 0 Å². The molecule has 8 heteroatoms. The van der Waals surface area contributed by atoms with E-state index in [0.717, 1.165) is 11.1 Å². The van der Waals surface area contributed by atoms with Crippen molar-refractivity contribution in [2.24, 2.45) is 10.8 Å². The first-order valence-electron chi connectivity index (χ1n) is 9.66. The van der Waals surface area contributed by atoms with E-state index in [9.17, 15) is 14.4 Å². The molecule has 2 atom stereocenters. The molecule has 0 saturated heterocycles. The van der Waals surface area contributed by atoms with Gasteiger partial charge in [0.05, 0.1) is 12.8 Å². The topological polar surface area (TPSA) is 105 Å². The Morgan fingerprint density at radius 2 is 1.63 bits per heavy atom. The van der Waals surface area contributed by atoms with E-state index in [4.69, 9.17) is 10.5 Å². The van der Waals surface area contributed by atoms with E-state index in [0.29, 0.717) is 12.1 Å². The number of fused-ring (bicyclic) bond motifs is 1. The van der Waals surface area contributed by atoms with Crippen LogP contribution in [0.3, 0.4) is 0 Å². The largest absolute Gasteiger partial charge is 0.467 e. The van der Waals surface area contributed by atoms with E-state index >= 15 is 0 Å². The second kappa shape index (κ2) is 7.98. The molecule has 0 saturated carbocycles. The Hall–Kier alpha value is -3.68. The molecule has 2 heterocycles. The molecule has 8 nitrogen and oxygen atoms in total. The van der Waals surface area contributed by atoms with Crippen LogP contribution in [0.2, 0.25) is 0 Å². The summed E-state index contributed by atoms with van der Waals surface area (Å²) in [5, 5.41) is 5.89. The third kappa shape index (κ3) is 3.52. The molecule has 2 aliphatic rings. The van der Waals surface area contributed by atoms with E-state index < -0.39 is 29.9 Å². The Morgan fingerprint density at radius 3 is 2.30 bits per heavy atom. The molecule has 2 aliphatic heterocycles. The Labute approximate surface area is 173 Å². The number of carbonyl (C=O) groups excluding carboxylic acids is 3. The van der Waals surface area contributed by atoms with Crippen LogP contribution in [0.4, 0.5) is 5.69 Å². The van der Waals surface area contributed by atoms with Crippen molar-refractivity contribution in [3.05, 3.63) is 65.7 Å². The molecule has 0 radical (unpaired) electrons. The maximum absolute atomic E-state index is 13.4. The molecule has 30 heavy (non-hydrogen) atoms. The van der Waals surface area contributed by atoms with Gasteiger partial charge in [-0.2, -0.15) is 5.10 Å². The van der Waals surface area contributed by atoms with E-state index in [2.05, 4.69) is 5.10 Å². The SMILES string of the molecule is COC(=O)C1Cc2ccccc2CN1C(=O)C1=NN(c2ccccc2)C(C(N)=O)C1. The highest BCUT2D eigenvalue weighted by Gasteiger charge is 2.41. The molecule has 154 valence electrons. The number of ether oxygens (including phenoxy) is 1. The van der Waals surface area contributed by atoms with E-state index in [-0.39, 0.29) is 18.7 Å². The third-order valence-electron chi connectivity index (χ3n) is 5.49. The number of rotatable bonds is 4. The van der Waals surface area contributed by atoms with Crippen LogP contribution in [0.15, 0.2) is 59.7 Å². The second-order valence-corrected chi connectivity index (χ2v) is 7.29. The molecule has 2 amide bonds. The third-order valence-corrected chi connectivity index (χ3v) is 5.49. The average molecular weight is 406 g/mol. The molecule has 0 spiro atoms. The highest BCUT2D eigenvalue weighted by atomic mass is 16.5. The molecule has 2 N–H and O–H groups in total. The number of para-hydroxylation sites is 1. The van der Waals surface area contributed by atoms with Crippen molar-refractivity contribution in [1.82, 2.24) is 4.90 Å². The lowest BCUT2D eigenvalue weighted by Crippen LogP contribution is -2.51. The van der Waals surface area contributed by atoms with Crippen LogP contribution >= 0.6 is 0 Å². The fourth-order valence-corrected chi connectivity index (χ4v) is 3.93. The number of nitrogens with zero attached hydrogens (tertiary/aromatic N) is 3. The number of hydrazone groups is 1.